The van der Waals surface area contributed by atoms with Crippen molar-refractivity contribution in [2.24, 2.45) is 4.99 Å². The fraction of sp³-hybridized carbons (Fsp3) is 0.333. The molecule has 1 atom stereocenters. The Balaban J connectivity index is 0.00000320. The quantitative estimate of drug-likeness (QED) is 0.434. The third kappa shape index (κ3) is 4.83. The molecule has 3 aromatic carbocycles. The highest BCUT2D eigenvalue weighted by atomic mass is 35.5. The molecule has 2 aliphatic heterocycles. The van der Waals surface area contributed by atoms with Gasteiger partial charge in [-0.2, -0.15) is 0 Å². The van der Waals surface area contributed by atoms with Gasteiger partial charge in [-0.3, -0.25) is 9.79 Å². The Bertz CT molecular complexity index is 1410. The molecule has 3 aromatic rings. The molecule has 2 aliphatic rings. The van der Waals surface area contributed by atoms with Gasteiger partial charge in [-0.05, 0) is 68.7 Å². The minimum atomic E-state index is -0.781. The number of aliphatic hydroxyl groups is 1. The van der Waals surface area contributed by atoms with E-state index in [-0.39, 0.29) is 23.9 Å². The van der Waals surface area contributed by atoms with Gasteiger partial charge in [0.25, 0.3) is 0 Å². The number of carbonyl (C=O) groups is 1. The van der Waals surface area contributed by atoms with Gasteiger partial charge in [-0.15, -0.1) is 12.4 Å². The number of nitrogens with one attached hydrogen (secondary N) is 1. The smallest absolute Gasteiger partial charge is 0.221 e. The molecule has 0 radical (unpaired) electrons. The first-order valence-electron chi connectivity index (χ1n) is 12.2. The van der Waals surface area contributed by atoms with E-state index in [0.717, 1.165) is 50.5 Å². The Morgan fingerprint density at radius 2 is 1.70 bits per heavy atom. The van der Waals surface area contributed by atoms with Crippen molar-refractivity contribution in [2.75, 3.05) is 12.4 Å². The van der Waals surface area contributed by atoms with Gasteiger partial charge < -0.3 is 19.9 Å². The fourth-order valence-electron chi connectivity index (χ4n) is 5.20. The molecular weight excluding hydrogens is 488 g/mol. The minimum Gasteiger partial charge on any atom is -0.493 e. The van der Waals surface area contributed by atoms with Crippen molar-refractivity contribution in [3.05, 3.63) is 76.9 Å². The molecule has 0 aromatic heterocycles. The van der Waals surface area contributed by atoms with Crippen LogP contribution >= 0.6 is 12.4 Å². The molecule has 37 heavy (non-hydrogen) atoms. The number of rotatable bonds is 4. The van der Waals surface area contributed by atoms with Crippen molar-refractivity contribution in [1.29, 1.82) is 0 Å². The van der Waals surface area contributed by atoms with Gasteiger partial charge in [0.05, 0.1) is 18.4 Å². The first-order chi connectivity index (χ1) is 17.0. The Hall–Kier alpha value is -3.35. The molecule has 2 heterocycles. The van der Waals surface area contributed by atoms with E-state index in [1.807, 2.05) is 56.3 Å². The summed E-state index contributed by atoms with van der Waals surface area (Å²) in [5.74, 6) is 1.25. The third-order valence-corrected chi connectivity index (χ3v) is 6.83. The predicted molar refractivity (Wildman–Crippen MR) is 150 cm³/mol. The van der Waals surface area contributed by atoms with Crippen molar-refractivity contribution >= 4 is 29.7 Å². The van der Waals surface area contributed by atoms with Crippen LogP contribution in [0.25, 0.3) is 11.1 Å². The summed E-state index contributed by atoms with van der Waals surface area (Å²) in [7, 11) is 1.63. The predicted octanol–water partition coefficient (Wildman–Crippen LogP) is 6.12. The number of halogens is 1. The zero-order chi connectivity index (χ0) is 25.8. The number of anilines is 1. The summed E-state index contributed by atoms with van der Waals surface area (Å²) in [6.07, 6.45) is -0.0939. The minimum absolute atomic E-state index is 0. The van der Waals surface area contributed by atoms with Gasteiger partial charge >= 0.3 is 0 Å². The van der Waals surface area contributed by atoms with Gasteiger partial charge in [0.1, 0.15) is 11.7 Å². The van der Waals surface area contributed by atoms with E-state index in [2.05, 4.69) is 31.3 Å². The second-order valence-corrected chi connectivity index (χ2v) is 10.7. The highest BCUT2D eigenvalue weighted by Crippen LogP contribution is 2.50. The second kappa shape index (κ2) is 9.51. The summed E-state index contributed by atoms with van der Waals surface area (Å²) in [4.78, 5) is 16.6. The molecule has 0 spiro atoms. The first-order valence-corrected chi connectivity index (χ1v) is 12.2. The Morgan fingerprint density at radius 3 is 2.38 bits per heavy atom. The number of methoxy groups -OCH3 is 1. The number of carbonyl (C=O) groups excluding carboxylic acids is 1. The highest BCUT2D eigenvalue weighted by molar-refractivity contribution is 6.16. The fourth-order valence-corrected chi connectivity index (χ4v) is 5.20. The zero-order valence-corrected chi connectivity index (χ0v) is 22.8. The molecule has 7 heteroatoms. The molecule has 6 nitrogen and oxygen atoms in total. The number of hydrogen-bond acceptors (Lipinski definition) is 5. The third-order valence-electron chi connectivity index (χ3n) is 6.83. The van der Waals surface area contributed by atoms with E-state index in [1.54, 1.807) is 7.11 Å². The van der Waals surface area contributed by atoms with E-state index in [1.165, 1.54) is 6.92 Å². The van der Waals surface area contributed by atoms with Crippen LogP contribution in [0.1, 0.15) is 63.0 Å². The monoisotopic (exact) mass is 520 g/mol. The maximum absolute atomic E-state index is 11.5. The molecule has 0 fully saturated rings. The van der Waals surface area contributed by atoms with Crippen LogP contribution in [0.3, 0.4) is 0 Å². The molecule has 0 saturated carbocycles. The molecule has 0 aliphatic carbocycles. The molecule has 5 rings (SSSR count). The molecule has 1 unspecified atom stereocenters. The van der Waals surface area contributed by atoms with Crippen molar-refractivity contribution < 1.29 is 19.4 Å². The van der Waals surface area contributed by atoms with Crippen LogP contribution < -0.4 is 14.8 Å². The SMILES string of the molecule is COc1cc2c(c3c1OC(C)(C)C3)C(c1cccc(-c3cccc(NC(C)=O)c3)c1)=NC(C)(C)C2O.Cl. The Labute approximate surface area is 224 Å². The largest absolute Gasteiger partial charge is 0.493 e. The van der Waals surface area contributed by atoms with E-state index in [4.69, 9.17) is 14.5 Å². The standard InChI is InChI=1S/C30H32N2O4.ClH/c1-17(33)31-21-12-8-10-19(14-21)18-9-7-11-20(13-18)26-25-22(28(34)30(4,5)32-26)15-24(35-6)27-23(25)16-29(2,3)36-27;/h7-15,28,34H,16H2,1-6H3,(H,31,33);1H. The number of ether oxygens (including phenoxy) is 2. The zero-order valence-electron chi connectivity index (χ0n) is 22.0. The maximum atomic E-state index is 11.5. The summed E-state index contributed by atoms with van der Waals surface area (Å²) in [6.45, 7) is 9.51. The van der Waals surface area contributed by atoms with E-state index >= 15 is 0 Å². The van der Waals surface area contributed by atoms with Crippen LogP contribution in [0.2, 0.25) is 0 Å². The van der Waals surface area contributed by atoms with Crippen LogP contribution in [0.5, 0.6) is 11.5 Å². The van der Waals surface area contributed by atoms with Crippen LogP contribution in [0.4, 0.5) is 5.69 Å². The first kappa shape index (κ1) is 26.7. The Morgan fingerprint density at radius 1 is 1.05 bits per heavy atom. The van der Waals surface area contributed by atoms with Crippen molar-refractivity contribution in [1.82, 2.24) is 0 Å². The second-order valence-electron chi connectivity index (χ2n) is 10.7. The lowest BCUT2D eigenvalue weighted by molar-refractivity contribution is -0.114. The van der Waals surface area contributed by atoms with Gasteiger partial charge in [-0.25, -0.2) is 0 Å². The van der Waals surface area contributed by atoms with Gasteiger partial charge in [0.15, 0.2) is 11.5 Å². The average Bonchev–Trinajstić information content (AvgIpc) is 3.15. The number of fused-ring (bicyclic) bond motifs is 3. The lowest BCUT2D eigenvalue weighted by Gasteiger charge is -2.35. The topological polar surface area (TPSA) is 80.2 Å². The molecule has 2 N–H and O–H groups in total. The number of aliphatic hydroxyl groups excluding tert-OH is 1. The van der Waals surface area contributed by atoms with Crippen LogP contribution in [-0.4, -0.2) is 35.0 Å². The van der Waals surface area contributed by atoms with E-state index in [0.29, 0.717) is 12.2 Å². The van der Waals surface area contributed by atoms with Crippen LogP contribution in [-0.2, 0) is 11.2 Å². The molecule has 0 bridgehead atoms. The van der Waals surface area contributed by atoms with Crippen molar-refractivity contribution in [3.8, 4) is 22.6 Å². The lowest BCUT2D eigenvalue weighted by atomic mass is 9.79. The van der Waals surface area contributed by atoms with E-state index < -0.39 is 11.6 Å². The summed E-state index contributed by atoms with van der Waals surface area (Å²) in [6, 6.07) is 17.9. The number of hydrogen-bond donors (Lipinski definition) is 2. The lowest BCUT2D eigenvalue weighted by Crippen LogP contribution is -2.35. The molecular formula is C30H33ClN2O4. The van der Waals surface area contributed by atoms with Crippen molar-refractivity contribution in [2.45, 2.75) is 58.3 Å². The van der Waals surface area contributed by atoms with Crippen LogP contribution in [0.15, 0.2) is 59.6 Å². The van der Waals surface area contributed by atoms with Crippen molar-refractivity contribution in [3.63, 3.8) is 0 Å². The van der Waals surface area contributed by atoms with E-state index in [9.17, 15) is 9.90 Å². The number of amides is 1. The Kier molecular flexibility index (Phi) is 6.86. The van der Waals surface area contributed by atoms with Gasteiger partial charge in [0, 0.05) is 35.7 Å². The highest BCUT2D eigenvalue weighted by Gasteiger charge is 2.43. The summed E-state index contributed by atoms with van der Waals surface area (Å²) >= 11 is 0. The van der Waals surface area contributed by atoms with Gasteiger partial charge in [-0.1, -0.05) is 30.3 Å². The average molecular weight is 521 g/mol. The molecule has 194 valence electrons. The molecule has 0 saturated heterocycles. The number of aliphatic imine (C=N–C) groups is 1. The van der Waals surface area contributed by atoms with Gasteiger partial charge in [0.2, 0.25) is 5.91 Å². The number of benzene rings is 3. The molecule has 1 amide bonds. The van der Waals surface area contributed by atoms with Crippen LogP contribution in [0, 0.1) is 0 Å². The summed E-state index contributed by atoms with van der Waals surface area (Å²) in [5, 5.41) is 14.2. The maximum Gasteiger partial charge on any atom is 0.221 e. The number of nitrogens with zero attached hydrogens (tertiary/aromatic N) is 1. The summed E-state index contributed by atoms with van der Waals surface area (Å²) in [5.41, 5.74) is 6.17. The summed E-state index contributed by atoms with van der Waals surface area (Å²) < 4.78 is 12.0. The normalized spacial score (nSPS) is 18.5.